The van der Waals surface area contributed by atoms with Gasteiger partial charge in [0.1, 0.15) is 23.5 Å². The third kappa shape index (κ3) is 6.53. The highest BCUT2D eigenvalue weighted by atomic mass is 35.5. The minimum absolute atomic E-state index is 0.0681. The molecule has 1 fully saturated rings. The zero-order valence-electron chi connectivity index (χ0n) is 21.1. The predicted molar refractivity (Wildman–Crippen MR) is 143 cm³/mol. The van der Waals surface area contributed by atoms with Gasteiger partial charge in [0.25, 0.3) is 0 Å². The largest absolute Gasteiger partial charge is 0.490 e. The topological polar surface area (TPSA) is 56.7 Å². The van der Waals surface area contributed by atoms with Crippen molar-refractivity contribution in [3.63, 3.8) is 0 Å². The van der Waals surface area contributed by atoms with Crippen LogP contribution in [0.15, 0.2) is 36.4 Å². The smallest absolute Gasteiger partial charge is 0.208 e. The Morgan fingerprint density at radius 3 is 2.57 bits per heavy atom. The first-order chi connectivity index (χ1) is 16.8. The number of aromatic nitrogens is 2. The van der Waals surface area contributed by atoms with Gasteiger partial charge in [-0.3, -0.25) is 0 Å². The lowest BCUT2D eigenvalue weighted by Crippen LogP contribution is -2.25. The molecule has 188 valence electrons. The summed E-state index contributed by atoms with van der Waals surface area (Å²) in [6, 6.07) is 12.2. The quantitative estimate of drug-likeness (QED) is 0.295. The van der Waals surface area contributed by atoms with Crippen molar-refractivity contribution in [2.75, 3.05) is 24.7 Å². The molecule has 1 aliphatic rings. The van der Waals surface area contributed by atoms with Crippen molar-refractivity contribution < 1.29 is 14.2 Å². The summed E-state index contributed by atoms with van der Waals surface area (Å²) in [5.74, 6) is 0.337. The SMILES string of the molecule is CCCCN(Cc1ccccc1Cl)c1nnc(-c2cc(C)c(OCC3COC(C)(C)O3)c(C)c2)s1. The van der Waals surface area contributed by atoms with Crippen LogP contribution in [0.1, 0.15) is 50.3 Å². The second-order valence-corrected chi connectivity index (χ2v) is 10.8. The number of nitrogens with zero attached hydrogens (tertiary/aromatic N) is 3. The molecule has 3 aromatic rings. The van der Waals surface area contributed by atoms with E-state index in [0.717, 1.165) is 62.6 Å². The number of ether oxygens (including phenoxy) is 3. The van der Waals surface area contributed by atoms with Crippen molar-refractivity contribution >= 4 is 28.1 Å². The molecule has 0 bridgehead atoms. The molecule has 8 heteroatoms. The van der Waals surface area contributed by atoms with E-state index in [-0.39, 0.29) is 6.10 Å². The van der Waals surface area contributed by atoms with Gasteiger partial charge in [-0.25, -0.2) is 0 Å². The molecule has 1 aromatic heterocycles. The van der Waals surface area contributed by atoms with E-state index in [1.165, 1.54) is 0 Å². The second-order valence-electron chi connectivity index (χ2n) is 9.46. The average molecular weight is 516 g/mol. The molecule has 6 nitrogen and oxygen atoms in total. The summed E-state index contributed by atoms with van der Waals surface area (Å²) in [5, 5.41) is 11.7. The number of benzene rings is 2. The van der Waals surface area contributed by atoms with Gasteiger partial charge >= 0.3 is 0 Å². The summed E-state index contributed by atoms with van der Waals surface area (Å²) < 4.78 is 17.7. The van der Waals surface area contributed by atoms with E-state index in [2.05, 4.69) is 54.1 Å². The Morgan fingerprint density at radius 2 is 1.91 bits per heavy atom. The van der Waals surface area contributed by atoms with Crippen LogP contribution >= 0.6 is 22.9 Å². The van der Waals surface area contributed by atoms with Crippen molar-refractivity contribution in [2.24, 2.45) is 0 Å². The number of anilines is 1. The van der Waals surface area contributed by atoms with Crippen LogP contribution in [-0.2, 0) is 16.0 Å². The molecule has 0 N–H and O–H groups in total. The summed E-state index contributed by atoms with van der Waals surface area (Å²) in [7, 11) is 0. The first-order valence-corrected chi connectivity index (χ1v) is 13.3. The lowest BCUT2D eigenvalue weighted by molar-refractivity contribution is -0.141. The molecule has 0 saturated carbocycles. The number of halogens is 1. The monoisotopic (exact) mass is 515 g/mol. The van der Waals surface area contributed by atoms with Gasteiger partial charge in [0.05, 0.1) is 6.61 Å². The van der Waals surface area contributed by atoms with Crippen LogP contribution in [0.4, 0.5) is 5.13 Å². The Kier molecular flexibility index (Phi) is 8.32. The highest BCUT2D eigenvalue weighted by molar-refractivity contribution is 7.18. The van der Waals surface area contributed by atoms with Crippen LogP contribution < -0.4 is 9.64 Å². The van der Waals surface area contributed by atoms with Crippen molar-refractivity contribution in [1.29, 1.82) is 0 Å². The van der Waals surface area contributed by atoms with Gasteiger partial charge < -0.3 is 19.1 Å². The van der Waals surface area contributed by atoms with Gasteiger partial charge in [-0.05, 0) is 69.0 Å². The maximum Gasteiger partial charge on any atom is 0.208 e. The normalized spacial score (nSPS) is 17.0. The van der Waals surface area contributed by atoms with Gasteiger partial charge in [-0.15, -0.1) is 10.2 Å². The van der Waals surface area contributed by atoms with E-state index in [1.807, 2.05) is 32.0 Å². The Bertz CT molecular complexity index is 1130. The molecule has 1 saturated heterocycles. The van der Waals surface area contributed by atoms with Crippen LogP contribution in [0.25, 0.3) is 10.6 Å². The zero-order chi connectivity index (χ0) is 25.0. The Labute approximate surface area is 217 Å². The number of hydrogen-bond donors (Lipinski definition) is 0. The zero-order valence-corrected chi connectivity index (χ0v) is 22.7. The fourth-order valence-corrected chi connectivity index (χ4v) is 5.26. The minimum atomic E-state index is -0.547. The van der Waals surface area contributed by atoms with Gasteiger partial charge in [-0.1, -0.05) is 54.5 Å². The van der Waals surface area contributed by atoms with Gasteiger partial charge in [-0.2, -0.15) is 0 Å². The molecule has 1 unspecified atom stereocenters. The highest BCUT2D eigenvalue weighted by Crippen LogP contribution is 2.35. The Morgan fingerprint density at radius 1 is 1.17 bits per heavy atom. The maximum atomic E-state index is 6.44. The van der Waals surface area contributed by atoms with Gasteiger partial charge in [0, 0.05) is 23.7 Å². The van der Waals surface area contributed by atoms with Crippen LogP contribution in [0.3, 0.4) is 0 Å². The fourth-order valence-electron chi connectivity index (χ4n) is 4.21. The molecule has 0 spiro atoms. The molecule has 0 amide bonds. The first kappa shape index (κ1) is 25.9. The maximum absolute atomic E-state index is 6.44. The summed E-state index contributed by atoms with van der Waals surface area (Å²) in [6.07, 6.45) is 2.12. The Balaban J connectivity index is 1.49. The molecule has 1 atom stereocenters. The summed E-state index contributed by atoms with van der Waals surface area (Å²) in [5.41, 5.74) is 4.27. The van der Waals surface area contributed by atoms with E-state index < -0.39 is 5.79 Å². The third-order valence-corrected chi connectivity index (χ3v) is 7.38. The van der Waals surface area contributed by atoms with Crippen molar-refractivity contribution in [3.05, 3.63) is 58.1 Å². The second kappa shape index (κ2) is 11.2. The predicted octanol–water partition coefficient (Wildman–Crippen LogP) is 6.81. The van der Waals surface area contributed by atoms with Crippen LogP contribution in [0.2, 0.25) is 5.02 Å². The van der Waals surface area contributed by atoms with Gasteiger partial charge in [0.15, 0.2) is 5.79 Å². The van der Waals surface area contributed by atoms with E-state index >= 15 is 0 Å². The molecule has 2 aromatic carbocycles. The standard InChI is InChI=1S/C27H34ClN3O3S/c1-6-7-12-31(15-20-10-8-9-11-23(20)28)26-30-29-25(35-26)21-13-18(2)24(19(3)14-21)32-16-22-17-33-27(4,5)34-22/h8-11,13-14,22H,6-7,12,15-17H2,1-5H3. The highest BCUT2D eigenvalue weighted by Gasteiger charge is 2.33. The van der Waals surface area contributed by atoms with Crippen molar-refractivity contribution in [1.82, 2.24) is 10.2 Å². The number of unbranched alkanes of at least 4 members (excludes halogenated alkanes) is 1. The molecule has 2 heterocycles. The van der Waals surface area contributed by atoms with Crippen LogP contribution in [-0.4, -0.2) is 41.8 Å². The fraction of sp³-hybridized carbons (Fsp3) is 0.481. The molecule has 1 aliphatic heterocycles. The minimum Gasteiger partial charge on any atom is -0.490 e. The molecular formula is C27H34ClN3O3S. The molecule has 0 aliphatic carbocycles. The molecule has 4 rings (SSSR count). The van der Waals surface area contributed by atoms with Crippen molar-refractivity contribution in [3.8, 4) is 16.3 Å². The summed E-state index contributed by atoms with van der Waals surface area (Å²) in [4.78, 5) is 2.27. The Hall–Kier alpha value is -2.19. The number of rotatable bonds is 10. The van der Waals surface area contributed by atoms with E-state index in [4.69, 9.17) is 25.8 Å². The lowest BCUT2D eigenvalue weighted by atomic mass is 10.1. The lowest BCUT2D eigenvalue weighted by Gasteiger charge is -2.21. The molecular weight excluding hydrogens is 482 g/mol. The van der Waals surface area contributed by atoms with E-state index in [0.29, 0.717) is 19.8 Å². The number of aryl methyl sites for hydroxylation is 2. The van der Waals surface area contributed by atoms with E-state index in [9.17, 15) is 0 Å². The third-order valence-electron chi connectivity index (χ3n) is 5.97. The van der Waals surface area contributed by atoms with Gasteiger partial charge in [0.2, 0.25) is 5.13 Å². The molecule has 35 heavy (non-hydrogen) atoms. The van der Waals surface area contributed by atoms with E-state index in [1.54, 1.807) is 11.3 Å². The molecule has 0 radical (unpaired) electrons. The van der Waals surface area contributed by atoms with Crippen molar-refractivity contribution in [2.45, 2.75) is 65.9 Å². The first-order valence-electron chi connectivity index (χ1n) is 12.1. The summed E-state index contributed by atoms with van der Waals surface area (Å²) in [6.45, 7) is 12.8. The van der Waals surface area contributed by atoms with Crippen LogP contribution in [0.5, 0.6) is 5.75 Å². The van der Waals surface area contributed by atoms with Crippen LogP contribution in [0, 0.1) is 13.8 Å². The average Bonchev–Trinajstić information content (AvgIpc) is 3.43. The number of hydrogen-bond acceptors (Lipinski definition) is 7. The summed E-state index contributed by atoms with van der Waals surface area (Å²) >= 11 is 8.05.